The summed E-state index contributed by atoms with van der Waals surface area (Å²) in [5.74, 6) is 1.50. The second kappa shape index (κ2) is 6.34. The lowest BCUT2D eigenvalue weighted by Crippen LogP contribution is -2.36. The van der Waals surface area contributed by atoms with E-state index in [9.17, 15) is 4.79 Å². The monoisotopic (exact) mass is 299 g/mol. The molecule has 0 saturated carbocycles. The number of nitrogens with one attached hydrogen (secondary N) is 3. The van der Waals surface area contributed by atoms with Crippen LogP contribution in [0.25, 0.3) is 0 Å². The fourth-order valence-corrected chi connectivity index (χ4v) is 2.80. The smallest absolute Gasteiger partial charge is 0.227 e. The molecule has 5 heteroatoms. The Morgan fingerprint density at radius 3 is 2.73 bits per heavy atom. The van der Waals surface area contributed by atoms with Crippen molar-refractivity contribution in [2.45, 2.75) is 25.9 Å². The molecule has 1 aromatic carbocycles. The van der Waals surface area contributed by atoms with Crippen LogP contribution >= 0.6 is 0 Å². The zero-order chi connectivity index (χ0) is 15.5. The van der Waals surface area contributed by atoms with Gasteiger partial charge in [0.2, 0.25) is 5.91 Å². The number of carbonyl (C=O) groups is 1. The first-order valence-corrected chi connectivity index (χ1v) is 7.55. The number of hydrogen-bond donors (Lipinski definition) is 3. The van der Waals surface area contributed by atoms with Crippen molar-refractivity contribution in [2.75, 3.05) is 6.54 Å². The number of aryl methyl sites for hydroxylation is 1. The van der Waals surface area contributed by atoms with Gasteiger partial charge in [-0.3, -0.25) is 10.2 Å². The standard InChI is InChI=1S/C17H21N3O2/c1-11-8-9-15(22-11)12(2)19-17(21)14-10-18-20-16(14)13-6-4-3-5-7-13/h3-9,12,14,16,18,20H,10H2,1-2H3,(H,19,21). The van der Waals surface area contributed by atoms with E-state index in [1.54, 1.807) is 0 Å². The normalized spacial score (nSPS) is 22.5. The summed E-state index contributed by atoms with van der Waals surface area (Å²) in [5, 5.41) is 3.04. The average Bonchev–Trinajstić information content (AvgIpc) is 3.16. The van der Waals surface area contributed by atoms with E-state index in [1.165, 1.54) is 0 Å². The number of carbonyl (C=O) groups excluding carboxylic acids is 1. The highest BCUT2D eigenvalue weighted by Gasteiger charge is 2.34. The maximum Gasteiger partial charge on any atom is 0.227 e. The molecule has 1 aliphatic heterocycles. The Hall–Kier alpha value is -2.11. The molecule has 1 fully saturated rings. The third-order valence-corrected chi connectivity index (χ3v) is 4.02. The van der Waals surface area contributed by atoms with Crippen LogP contribution in [0, 0.1) is 12.8 Å². The Bertz CT molecular complexity index is 638. The summed E-state index contributed by atoms with van der Waals surface area (Å²) >= 11 is 0. The molecule has 116 valence electrons. The lowest BCUT2D eigenvalue weighted by molar-refractivity contribution is -0.125. The van der Waals surface area contributed by atoms with Crippen LogP contribution in [0.4, 0.5) is 0 Å². The van der Waals surface area contributed by atoms with E-state index in [4.69, 9.17) is 4.42 Å². The molecule has 1 amide bonds. The minimum atomic E-state index is -0.152. The molecule has 0 spiro atoms. The zero-order valence-corrected chi connectivity index (χ0v) is 12.8. The second-order valence-corrected chi connectivity index (χ2v) is 5.70. The van der Waals surface area contributed by atoms with Crippen LogP contribution < -0.4 is 16.2 Å². The van der Waals surface area contributed by atoms with E-state index >= 15 is 0 Å². The Morgan fingerprint density at radius 1 is 1.27 bits per heavy atom. The van der Waals surface area contributed by atoms with Crippen LogP contribution in [0.1, 0.15) is 36.1 Å². The number of hydrogen-bond acceptors (Lipinski definition) is 4. The molecule has 1 aromatic heterocycles. The Morgan fingerprint density at radius 2 is 2.05 bits per heavy atom. The molecule has 3 atom stereocenters. The molecular weight excluding hydrogens is 278 g/mol. The number of benzene rings is 1. The first-order valence-electron chi connectivity index (χ1n) is 7.55. The first-order chi connectivity index (χ1) is 10.6. The molecule has 2 aromatic rings. The van der Waals surface area contributed by atoms with E-state index in [1.807, 2.05) is 56.3 Å². The minimum Gasteiger partial charge on any atom is -0.464 e. The van der Waals surface area contributed by atoms with Crippen molar-refractivity contribution < 1.29 is 9.21 Å². The maximum atomic E-state index is 12.6. The molecule has 1 saturated heterocycles. The summed E-state index contributed by atoms with van der Waals surface area (Å²) in [6, 6.07) is 13.7. The molecule has 0 aliphatic carbocycles. The van der Waals surface area contributed by atoms with Gasteiger partial charge in [0.05, 0.1) is 18.0 Å². The van der Waals surface area contributed by atoms with Crippen LogP contribution in [0.3, 0.4) is 0 Å². The Balaban J connectivity index is 1.69. The van der Waals surface area contributed by atoms with Crippen molar-refractivity contribution in [2.24, 2.45) is 5.92 Å². The summed E-state index contributed by atoms with van der Waals surface area (Å²) < 4.78 is 5.57. The van der Waals surface area contributed by atoms with Crippen molar-refractivity contribution in [1.82, 2.24) is 16.2 Å². The van der Waals surface area contributed by atoms with Gasteiger partial charge in [-0.1, -0.05) is 30.3 Å². The molecule has 3 rings (SSSR count). The fourth-order valence-electron chi connectivity index (χ4n) is 2.80. The molecule has 3 N–H and O–H groups in total. The van der Waals surface area contributed by atoms with Crippen LogP contribution in [0.15, 0.2) is 46.9 Å². The van der Waals surface area contributed by atoms with Crippen LogP contribution in [0.2, 0.25) is 0 Å². The SMILES string of the molecule is Cc1ccc(C(C)NC(=O)C2CNNC2c2ccccc2)o1. The van der Waals surface area contributed by atoms with Crippen molar-refractivity contribution in [3.63, 3.8) is 0 Å². The number of hydrazine groups is 1. The summed E-state index contributed by atoms with van der Waals surface area (Å²) in [4.78, 5) is 12.6. The predicted octanol–water partition coefficient (Wildman–Crippen LogP) is 2.23. The largest absolute Gasteiger partial charge is 0.464 e. The van der Waals surface area contributed by atoms with Crippen LogP contribution in [-0.2, 0) is 4.79 Å². The second-order valence-electron chi connectivity index (χ2n) is 5.70. The summed E-state index contributed by atoms with van der Waals surface area (Å²) in [5.41, 5.74) is 7.38. The zero-order valence-electron chi connectivity index (χ0n) is 12.8. The van der Waals surface area contributed by atoms with Crippen molar-refractivity contribution in [3.05, 3.63) is 59.5 Å². The number of amides is 1. The predicted molar refractivity (Wildman–Crippen MR) is 83.8 cm³/mol. The molecule has 2 heterocycles. The molecule has 5 nitrogen and oxygen atoms in total. The van der Waals surface area contributed by atoms with Gasteiger partial charge in [0.1, 0.15) is 11.5 Å². The van der Waals surface area contributed by atoms with E-state index in [0.29, 0.717) is 6.54 Å². The molecule has 22 heavy (non-hydrogen) atoms. The highest BCUT2D eigenvalue weighted by Crippen LogP contribution is 2.26. The summed E-state index contributed by atoms with van der Waals surface area (Å²) in [7, 11) is 0. The van der Waals surface area contributed by atoms with Gasteiger partial charge in [0.15, 0.2) is 0 Å². The third kappa shape index (κ3) is 3.05. The average molecular weight is 299 g/mol. The van der Waals surface area contributed by atoms with Gasteiger partial charge in [0.25, 0.3) is 0 Å². The van der Waals surface area contributed by atoms with Gasteiger partial charge in [-0.15, -0.1) is 0 Å². The van der Waals surface area contributed by atoms with E-state index in [-0.39, 0.29) is 23.9 Å². The highest BCUT2D eigenvalue weighted by molar-refractivity contribution is 5.80. The maximum absolute atomic E-state index is 12.6. The topological polar surface area (TPSA) is 66.3 Å². The highest BCUT2D eigenvalue weighted by atomic mass is 16.3. The third-order valence-electron chi connectivity index (χ3n) is 4.02. The first kappa shape index (κ1) is 14.8. The molecule has 0 bridgehead atoms. The quantitative estimate of drug-likeness (QED) is 0.810. The summed E-state index contributed by atoms with van der Waals surface area (Å²) in [6.45, 7) is 4.44. The van der Waals surface area contributed by atoms with Crippen molar-refractivity contribution in [3.8, 4) is 0 Å². The fraction of sp³-hybridized carbons (Fsp3) is 0.353. The van der Waals surface area contributed by atoms with Crippen LogP contribution in [-0.4, -0.2) is 12.5 Å². The Labute approximate surface area is 130 Å². The Kier molecular flexibility index (Phi) is 4.27. The number of rotatable bonds is 4. The van der Waals surface area contributed by atoms with Gasteiger partial charge < -0.3 is 9.73 Å². The molecule has 1 aliphatic rings. The van der Waals surface area contributed by atoms with Gasteiger partial charge in [0, 0.05) is 6.54 Å². The molecule has 0 radical (unpaired) electrons. The van der Waals surface area contributed by atoms with E-state index < -0.39 is 0 Å². The summed E-state index contributed by atoms with van der Waals surface area (Å²) in [6.07, 6.45) is 0. The minimum absolute atomic E-state index is 0.0212. The molecular formula is C17H21N3O2. The van der Waals surface area contributed by atoms with E-state index in [0.717, 1.165) is 17.1 Å². The van der Waals surface area contributed by atoms with E-state index in [2.05, 4.69) is 16.2 Å². The van der Waals surface area contributed by atoms with Crippen molar-refractivity contribution in [1.29, 1.82) is 0 Å². The van der Waals surface area contributed by atoms with Gasteiger partial charge in [-0.05, 0) is 31.5 Å². The van der Waals surface area contributed by atoms with Gasteiger partial charge >= 0.3 is 0 Å². The van der Waals surface area contributed by atoms with Crippen molar-refractivity contribution >= 4 is 5.91 Å². The lowest BCUT2D eigenvalue weighted by Gasteiger charge is -2.20. The number of furan rings is 1. The van der Waals surface area contributed by atoms with Gasteiger partial charge in [-0.25, -0.2) is 5.43 Å². The van der Waals surface area contributed by atoms with Crippen LogP contribution in [0.5, 0.6) is 0 Å². The molecule has 3 unspecified atom stereocenters. The van der Waals surface area contributed by atoms with Gasteiger partial charge in [-0.2, -0.15) is 0 Å². The lowest BCUT2D eigenvalue weighted by atomic mass is 9.94.